The topological polar surface area (TPSA) is 18.5 Å². The number of rotatable bonds is 3. The number of likely N-dealkylation sites (N-methyl/N-ethyl adjacent to an activating group) is 1. The third-order valence-corrected chi connectivity index (χ3v) is 3.13. The standard InChI is InChI=1S/C10H20ClN4/c1-15(5-3-2-4-11)9-13-6-12-7-14(8-13)10-15/h2-3,12H,4-10H2,1H3/q+1/b3-2+. The van der Waals surface area contributed by atoms with Gasteiger partial charge in [0.2, 0.25) is 0 Å². The van der Waals surface area contributed by atoms with Gasteiger partial charge in [0, 0.05) is 5.88 Å². The van der Waals surface area contributed by atoms with Gasteiger partial charge >= 0.3 is 0 Å². The van der Waals surface area contributed by atoms with Crippen LogP contribution in [0.3, 0.4) is 0 Å². The van der Waals surface area contributed by atoms with Gasteiger partial charge in [-0.15, -0.1) is 11.6 Å². The highest BCUT2D eigenvalue weighted by atomic mass is 35.5. The first-order chi connectivity index (χ1) is 7.22. The van der Waals surface area contributed by atoms with Crippen molar-refractivity contribution in [1.29, 1.82) is 0 Å². The van der Waals surface area contributed by atoms with Gasteiger partial charge in [-0.05, 0) is 6.08 Å². The molecular weight excluding hydrogens is 212 g/mol. The number of fused-ring (bicyclic) bond motifs is 2. The minimum atomic E-state index is 0.620. The summed E-state index contributed by atoms with van der Waals surface area (Å²) in [4.78, 5) is 4.89. The number of halogens is 1. The van der Waals surface area contributed by atoms with E-state index in [-0.39, 0.29) is 0 Å². The van der Waals surface area contributed by atoms with E-state index >= 15 is 0 Å². The van der Waals surface area contributed by atoms with Crippen LogP contribution in [0.15, 0.2) is 12.2 Å². The predicted molar refractivity (Wildman–Crippen MR) is 62.1 cm³/mol. The summed E-state index contributed by atoms with van der Waals surface area (Å²) in [5, 5.41) is 3.39. The van der Waals surface area contributed by atoms with Crippen molar-refractivity contribution in [3.05, 3.63) is 12.2 Å². The highest BCUT2D eigenvalue weighted by molar-refractivity contribution is 6.18. The van der Waals surface area contributed by atoms with E-state index in [0.29, 0.717) is 5.88 Å². The maximum atomic E-state index is 5.64. The van der Waals surface area contributed by atoms with Gasteiger partial charge in [0.1, 0.15) is 13.3 Å². The molecule has 2 bridgehead atoms. The molecule has 2 aliphatic rings. The lowest BCUT2D eigenvalue weighted by molar-refractivity contribution is -0.932. The maximum absolute atomic E-state index is 5.64. The molecule has 0 aromatic carbocycles. The third-order valence-electron chi connectivity index (χ3n) is 2.96. The Morgan fingerprint density at radius 2 is 1.93 bits per heavy atom. The van der Waals surface area contributed by atoms with Crippen LogP contribution in [0.5, 0.6) is 0 Å². The van der Waals surface area contributed by atoms with Crippen molar-refractivity contribution in [1.82, 2.24) is 15.1 Å². The van der Waals surface area contributed by atoms with Crippen LogP contribution in [0.25, 0.3) is 0 Å². The number of quaternary nitrogens is 1. The van der Waals surface area contributed by atoms with Crippen LogP contribution < -0.4 is 5.32 Å². The minimum absolute atomic E-state index is 0.620. The van der Waals surface area contributed by atoms with E-state index in [4.69, 9.17) is 11.6 Å². The van der Waals surface area contributed by atoms with Gasteiger partial charge in [-0.25, -0.2) is 9.80 Å². The number of nitrogens with one attached hydrogen (secondary N) is 1. The van der Waals surface area contributed by atoms with Crippen molar-refractivity contribution in [2.45, 2.75) is 0 Å². The number of allylic oxidation sites excluding steroid dienone is 1. The van der Waals surface area contributed by atoms with Crippen LogP contribution in [0, 0.1) is 0 Å². The van der Waals surface area contributed by atoms with Crippen LogP contribution in [0.4, 0.5) is 0 Å². The number of alkyl halides is 1. The van der Waals surface area contributed by atoms with E-state index in [9.17, 15) is 0 Å². The SMILES string of the molecule is C[N+]1(C/C=C/CCl)CN2CNCN(C2)C1. The van der Waals surface area contributed by atoms with Crippen molar-refractivity contribution < 1.29 is 4.48 Å². The highest BCUT2D eigenvalue weighted by Crippen LogP contribution is 2.15. The molecule has 0 aromatic rings. The lowest BCUT2D eigenvalue weighted by Crippen LogP contribution is -2.69. The fourth-order valence-corrected chi connectivity index (χ4v) is 2.58. The molecule has 2 unspecified atom stereocenters. The Morgan fingerprint density at radius 1 is 1.27 bits per heavy atom. The summed E-state index contributed by atoms with van der Waals surface area (Å²) >= 11 is 5.64. The Bertz CT molecular complexity index is 232. The summed E-state index contributed by atoms with van der Waals surface area (Å²) in [5.41, 5.74) is 0. The molecule has 4 nitrogen and oxygen atoms in total. The van der Waals surface area contributed by atoms with E-state index in [0.717, 1.165) is 44.4 Å². The monoisotopic (exact) mass is 231 g/mol. The average Bonchev–Trinajstić information content (AvgIpc) is 2.17. The normalized spacial score (nSPS) is 40.9. The molecule has 0 radical (unpaired) electrons. The quantitative estimate of drug-likeness (QED) is 0.427. The first-order valence-corrected chi connectivity index (χ1v) is 5.95. The molecule has 0 aromatic heterocycles. The molecule has 2 heterocycles. The van der Waals surface area contributed by atoms with E-state index < -0.39 is 0 Å². The second-order valence-corrected chi connectivity index (χ2v) is 5.07. The second kappa shape index (κ2) is 4.80. The Labute approximate surface area is 96.7 Å². The summed E-state index contributed by atoms with van der Waals surface area (Å²) in [6.07, 6.45) is 4.24. The van der Waals surface area contributed by atoms with Crippen molar-refractivity contribution in [3.8, 4) is 0 Å². The summed E-state index contributed by atoms with van der Waals surface area (Å²) in [6, 6.07) is 0. The van der Waals surface area contributed by atoms with E-state index in [2.05, 4.69) is 28.2 Å². The molecule has 86 valence electrons. The first-order valence-electron chi connectivity index (χ1n) is 5.42. The molecule has 0 saturated carbocycles. The molecule has 5 heteroatoms. The number of hydrogen-bond donors (Lipinski definition) is 1. The smallest absolute Gasteiger partial charge is 0.138 e. The van der Waals surface area contributed by atoms with Gasteiger partial charge in [-0.2, -0.15) is 0 Å². The Hall–Kier alpha value is -0.130. The summed E-state index contributed by atoms with van der Waals surface area (Å²) in [5.74, 6) is 0.620. The van der Waals surface area contributed by atoms with Crippen molar-refractivity contribution in [3.63, 3.8) is 0 Å². The largest absolute Gasteiger partial charge is 0.298 e. The zero-order chi connectivity index (χ0) is 10.7. The van der Waals surface area contributed by atoms with Crippen LogP contribution >= 0.6 is 11.6 Å². The molecule has 0 aliphatic carbocycles. The third kappa shape index (κ3) is 2.92. The van der Waals surface area contributed by atoms with Crippen molar-refractivity contribution in [2.75, 3.05) is 52.8 Å². The van der Waals surface area contributed by atoms with Crippen molar-refractivity contribution in [2.24, 2.45) is 0 Å². The first kappa shape index (κ1) is 11.4. The second-order valence-electron chi connectivity index (χ2n) is 4.76. The summed E-state index contributed by atoms with van der Waals surface area (Å²) in [6.45, 7) is 6.46. The zero-order valence-corrected chi connectivity index (χ0v) is 10.1. The Balaban J connectivity index is 1.93. The van der Waals surface area contributed by atoms with E-state index in [1.54, 1.807) is 0 Å². The average molecular weight is 232 g/mol. The van der Waals surface area contributed by atoms with E-state index in [1.807, 2.05) is 6.08 Å². The van der Waals surface area contributed by atoms with Crippen LogP contribution in [-0.4, -0.2) is 67.1 Å². The molecule has 1 N–H and O–H groups in total. The molecule has 2 aliphatic heterocycles. The summed E-state index contributed by atoms with van der Waals surface area (Å²) < 4.78 is 1.06. The highest BCUT2D eigenvalue weighted by Gasteiger charge is 2.35. The zero-order valence-electron chi connectivity index (χ0n) is 9.32. The minimum Gasteiger partial charge on any atom is -0.298 e. The predicted octanol–water partition coefficient (Wildman–Crippen LogP) is 0.236. The molecule has 2 atom stereocenters. The number of hydrogen-bond acceptors (Lipinski definition) is 3. The van der Waals surface area contributed by atoms with Crippen LogP contribution in [0.1, 0.15) is 0 Å². The van der Waals surface area contributed by atoms with Gasteiger partial charge < -0.3 is 0 Å². The lowest BCUT2D eigenvalue weighted by atomic mass is 10.3. The van der Waals surface area contributed by atoms with Gasteiger partial charge in [-0.1, -0.05) is 6.08 Å². The summed E-state index contributed by atoms with van der Waals surface area (Å²) in [7, 11) is 2.31. The van der Waals surface area contributed by atoms with Gasteiger partial charge in [-0.3, -0.25) is 9.80 Å². The fourth-order valence-electron chi connectivity index (χ4n) is 2.46. The van der Waals surface area contributed by atoms with Gasteiger partial charge in [0.15, 0.2) is 0 Å². The van der Waals surface area contributed by atoms with Gasteiger partial charge in [0.25, 0.3) is 0 Å². The fraction of sp³-hybridized carbons (Fsp3) is 0.800. The molecule has 2 rings (SSSR count). The molecule has 2 saturated heterocycles. The lowest BCUT2D eigenvalue weighted by Gasteiger charge is -2.49. The van der Waals surface area contributed by atoms with Crippen molar-refractivity contribution >= 4 is 11.6 Å². The maximum Gasteiger partial charge on any atom is 0.138 e. The Kier molecular flexibility index (Phi) is 3.64. The van der Waals surface area contributed by atoms with Crippen LogP contribution in [-0.2, 0) is 0 Å². The molecule has 0 spiro atoms. The molecule has 0 amide bonds. The van der Waals surface area contributed by atoms with Crippen LogP contribution in [0.2, 0.25) is 0 Å². The molecule has 15 heavy (non-hydrogen) atoms. The van der Waals surface area contributed by atoms with E-state index in [1.165, 1.54) is 0 Å². The molecule has 2 fully saturated rings. The number of nitrogens with zero attached hydrogens (tertiary/aromatic N) is 3. The Morgan fingerprint density at radius 3 is 2.53 bits per heavy atom. The van der Waals surface area contributed by atoms with Gasteiger partial charge in [0.05, 0.1) is 33.6 Å². The molecular formula is C10H20ClN4+.